The summed E-state index contributed by atoms with van der Waals surface area (Å²) in [7, 11) is 0. The summed E-state index contributed by atoms with van der Waals surface area (Å²) in [6, 6.07) is 17.5. The van der Waals surface area contributed by atoms with E-state index in [1.54, 1.807) is 25.7 Å². The molecule has 4 rings (SSSR count). The van der Waals surface area contributed by atoms with Gasteiger partial charge >= 0.3 is 6.09 Å². The number of ether oxygens (including phenoxy) is 1. The van der Waals surface area contributed by atoms with Crippen LogP contribution in [-0.4, -0.2) is 46.2 Å². The lowest BCUT2D eigenvalue weighted by molar-refractivity contribution is -0.145. The number of hydrogen-bond donors (Lipinski definition) is 3. The summed E-state index contributed by atoms with van der Waals surface area (Å²) in [5, 5.41) is 7.85. The highest BCUT2D eigenvalue weighted by atomic mass is 32.1. The van der Waals surface area contributed by atoms with Crippen molar-refractivity contribution < 1.29 is 19.1 Å². The van der Waals surface area contributed by atoms with Crippen molar-refractivity contribution in [3.8, 4) is 0 Å². The molecule has 1 aliphatic rings. The molecule has 2 atom stereocenters. The number of thiol groups is 1. The Morgan fingerprint density at radius 3 is 2.33 bits per heavy atom. The van der Waals surface area contributed by atoms with E-state index in [2.05, 4.69) is 23.3 Å². The van der Waals surface area contributed by atoms with Gasteiger partial charge in [0.2, 0.25) is 5.91 Å². The maximum absolute atomic E-state index is 14.2. The molecular weight excluding hydrogens is 522 g/mol. The second-order valence-electron chi connectivity index (χ2n) is 11.5. The van der Waals surface area contributed by atoms with Crippen molar-refractivity contribution >= 4 is 47.0 Å². The number of benzene rings is 3. The first-order valence-corrected chi connectivity index (χ1v) is 14.4. The molecule has 8 heteroatoms. The standard InChI is InChI=1S/C32H39N3O4S/c1-20-10-8-15-26(21(20)2)28(29(36)33-24-17-16-22-11-6-7-12-23(22)18-24)35(25-13-9-14-25)30(37)27(19-40)34-31(38)39-32(3,4)5/h6-8,10-12,15-18,25,27-28,40H,9,13-14,19H2,1-5H3,(H,33,36)(H,34,38). The molecule has 212 valence electrons. The van der Waals surface area contributed by atoms with Crippen LogP contribution in [0.25, 0.3) is 10.8 Å². The Bertz CT molecular complexity index is 1400. The van der Waals surface area contributed by atoms with E-state index in [0.29, 0.717) is 5.69 Å². The van der Waals surface area contributed by atoms with Gasteiger partial charge in [-0.1, -0.05) is 48.5 Å². The number of alkyl carbamates (subject to hydrolysis) is 1. The van der Waals surface area contributed by atoms with E-state index in [1.807, 2.05) is 74.5 Å². The predicted octanol–water partition coefficient (Wildman–Crippen LogP) is 6.34. The molecule has 1 aliphatic carbocycles. The van der Waals surface area contributed by atoms with Gasteiger partial charge in [0.05, 0.1) is 0 Å². The lowest BCUT2D eigenvalue weighted by Gasteiger charge is -2.44. The quantitative estimate of drug-likeness (QED) is 0.280. The van der Waals surface area contributed by atoms with Crippen molar-refractivity contribution in [3.05, 3.63) is 77.4 Å². The predicted molar refractivity (Wildman–Crippen MR) is 163 cm³/mol. The third-order valence-corrected chi connectivity index (χ3v) is 7.74. The molecule has 2 N–H and O–H groups in total. The summed E-state index contributed by atoms with van der Waals surface area (Å²) in [5.41, 5.74) is 2.66. The minimum atomic E-state index is -0.958. The fourth-order valence-electron chi connectivity index (χ4n) is 4.96. The number of rotatable bonds is 8. The van der Waals surface area contributed by atoms with E-state index in [4.69, 9.17) is 4.74 Å². The van der Waals surface area contributed by atoms with Crippen molar-refractivity contribution in [1.82, 2.24) is 10.2 Å². The van der Waals surface area contributed by atoms with Crippen LogP contribution in [0.5, 0.6) is 0 Å². The Morgan fingerprint density at radius 1 is 1.00 bits per heavy atom. The van der Waals surface area contributed by atoms with Crippen molar-refractivity contribution in [2.45, 2.75) is 77.6 Å². The van der Waals surface area contributed by atoms with Crippen LogP contribution < -0.4 is 10.6 Å². The van der Waals surface area contributed by atoms with E-state index in [-0.39, 0.29) is 23.6 Å². The van der Waals surface area contributed by atoms with Crippen molar-refractivity contribution in [2.75, 3.05) is 11.1 Å². The maximum atomic E-state index is 14.2. The van der Waals surface area contributed by atoms with Gasteiger partial charge in [-0.3, -0.25) is 9.59 Å². The first-order chi connectivity index (χ1) is 19.0. The highest BCUT2D eigenvalue weighted by Gasteiger charge is 2.42. The zero-order valence-electron chi connectivity index (χ0n) is 23.9. The highest BCUT2D eigenvalue weighted by Crippen LogP contribution is 2.36. The second-order valence-corrected chi connectivity index (χ2v) is 11.8. The Morgan fingerprint density at radius 2 is 1.70 bits per heavy atom. The molecule has 0 aromatic heterocycles. The van der Waals surface area contributed by atoms with Gasteiger partial charge in [0.25, 0.3) is 5.91 Å². The molecule has 3 aromatic carbocycles. The van der Waals surface area contributed by atoms with Crippen LogP contribution in [-0.2, 0) is 14.3 Å². The molecule has 0 heterocycles. The lowest BCUT2D eigenvalue weighted by atomic mass is 9.87. The molecule has 0 spiro atoms. The highest BCUT2D eigenvalue weighted by molar-refractivity contribution is 7.80. The maximum Gasteiger partial charge on any atom is 0.408 e. The summed E-state index contributed by atoms with van der Waals surface area (Å²) in [4.78, 5) is 42.6. The number of carbonyl (C=O) groups excluding carboxylic acids is 3. The molecule has 2 unspecified atom stereocenters. The number of fused-ring (bicyclic) bond motifs is 1. The Kier molecular flexibility index (Phi) is 9.08. The third-order valence-electron chi connectivity index (χ3n) is 7.38. The fraction of sp³-hybridized carbons (Fsp3) is 0.406. The number of carbonyl (C=O) groups is 3. The monoisotopic (exact) mass is 561 g/mol. The van der Waals surface area contributed by atoms with Crippen LogP contribution >= 0.6 is 12.6 Å². The summed E-state index contributed by atoms with van der Waals surface area (Å²) in [6.45, 7) is 9.25. The molecular formula is C32H39N3O4S. The molecule has 3 aromatic rings. The molecule has 0 radical (unpaired) electrons. The molecule has 1 saturated carbocycles. The summed E-state index contributed by atoms with van der Waals surface area (Å²) < 4.78 is 5.41. The van der Waals surface area contributed by atoms with Gasteiger partial charge < -0.3 is 20.3 Å². The Hall–Kier alpha value is -3.52. The molecule has 0 bridgehead atoms. The average Bonchev–Trinajstić information content (AvgIpc) is 2.86. The first kappa shape index (κ1) is 29.5. The van der Waals surface area contributed by atoms with E-state index in [9.17, 15) is 14.4 Å². The minimum Gasteiger partial charge on any atom is -0.444 e. The molecule has 7 nitrogen and oxygen atoms in total. The van der Waals surface area contributed by atoms with Crippen molar-refractivity contribution in [1.29, 1.82) is 0 Å². The van der Waals surface area contributed by atoms with Crippen LogP contribution in [0.1, 0.15) is 62.8 Å². The number of hydrogen-bond acceptors (Lipinski definition) is 5. The first-order valence-electron chi connectivity index (χ1n) is 13.8. The van der Waals surface area contributed by atoms with Crippen LogP contribution in [0.4, 0.5) is 10.5 Å². The van der Waals surface area contributed by atoms with E-state index < -0.39 is 23.8 Å². The lowest BCUT2D eigenvalue weighted by Crippen LogP contribution is -2.57. The van der Waals surface area contributed by atoms with Gasteiger partial charge in [0.1, 0.15) is 17.7 Å². The van der Waals surface area contributed by atoms with Crippen molar-refractivity contribution in [2.24, 2.45) is 0 Å². The van der Waals surface area contributed by atoms with Crippen LogP contribution in [0.2, 0.25) is 0 Å². The van der Waals surface area contributed by atoms with Gasteiger partial charge in [-0.15, -0.1) is 0 Å². The molecule has 3 amide bonds. The number of anilines is 1. The van der Waals surface area contributed by atoms with Gasteiger partial charge in [-0.05, 0) is 93.5 Å². The van der Waals surface area contributed by atoms with E-state index in [0.717, 1.165) is 46.7 Å². The summed E-state index contributed by atoms with van der Waals surface area (Å²) in [5.74, 6) is -0.600. The fourth-order valence-corrected chi connectivity index (χ4v) is 5.21. The molecule has 1 fully saturated rings. The van der Waals surface area contributed by atoms with Gasteiger partial charge in [0, 0.05) is 17.5 Å². The van der Waals surface area contributed by atoms with Crippen LogP contribution in [0.15, 0.2) is 60.7 Å². The normalized spacial score (nSPS) is 15.1. The van der Waals surface area contributed by atoms with Crippen LogP contribution in [0.3, 0.4) is 0 Å². The number of amides is 3. The summed E-state index contributed by atoms with van der Waals surface area (Å²) >= 11 is 4.39. The topological polar surface area (TPSA) is 87.7 Å². The second kappa shape index (κ2) is 12.3. The van der Waals surface area contributed by atoms with Gasteiger partial charge in [-0.2, -0.15) is 12.6 Å². The molecule has 40 heavy (non-hydrogen) atoms. The smallest absolute Gasteiger partial charge is 0.408 e. The Balaban J connectivity index is 1.72. The van der Waals surface area contributed by atoms with E-state index >= 15 is 0 Å². The SMILES string of the molecule is Cc1cccc(C(C(=O)Nc2ccc3ccccc3c2)N(C(=O)C(CS)NC(=O)OC(C)(C)C)C2CCC2)c1C. The van der Waals surface area contributed by atoms with Crippen LogP contribution in [0, 0.1) is 13.8 Å². The zero-order chi connectivity index (χ0) is 29.0. The third kappa shape index (κ3) is 6.78. The van der Waals surface area contributed by atoms with E-state index in [1.165, 1.54) is 0 Å². The molecule has 0 aliphatic heterocycles. The number of aryl methyl sites for hydroxylation is 1. The summed E-state index contributed by atoms with van der Waals surface area (Å²) in [6.07, 6.45) is 1.83. The number of nitrogens with zero attached hydrogens (tertiary/aromatic N) is 1. The largest absolute Gasteiger partial charge is 0.444 e. The minimum absolute atomic E-state index is 0.0626. The van der Waals surface area contributed by atoms with Gasteiger partial charge in [-0.25, -0.2) is 4.79 Å². The molecule has 0 saturated heterocycles. The van der Waals surface area contributed by atoms with Gasteiger partial charge in [0.15, 0.2) is 0 Å². The number of nitrogens with one attached hydrogen (secondary N) is 2. The zero-order valence-corrected chi connectivity index (χ0v) is 24.8. The average molecular weight is 562 g/mol. The van der Waals surface area contributed by atoms with Crippen molar-refractivity contribution in [3.63, 3.8) is 0 Å². The Labute approximate surface area is 242 Å².